The molecule has 130 valence electrons. The number of hydrogen-bond donors (Lipinski definition) is 1. The second-order valence-corrected chi connectivity index (χ2v) is 6.58. The Bertz CT molecular complexity index is 643. The summed E-state index contributed by atoms with van der Waals surface area (Å²) in [6.07, 6.45) is 1.02. The van der Waals surface area contributed by atoms with E-state index in [1.54, 1.807) is 7.11 Å². The van der Waals surface area contributed by atoms with Crippen LogP contribution >= 0.6 is 11.6 Å². The van der Waals surface area contributed by atoms with Gasteiger partial charge in [0.1, 0.15) is 0 Å². The van der Waals surface area contributed by atoms with Crippen LogP contribution in [-0.4, -0.2) is 13.7 Å². The number of rotatable bonds is 9. The van der Waals surface area contributed by atoms with Gasteiger partial charge in [0.15, 0.2) is 11.5 Å². The molecule has 0 spiro atoms. The van der Waals surface area contributed by atoms with E-state index in [4.69, 9.17) is 21.1 Å². The molecule has 24 heavy (non-hydrogen) atoms. The van der Waals surface area contributed by atoms with Crippen molar-refractivity contribution in [3.63, 3.8) is 0 Å². The van der Waals surface area contributed by atoms with Crippen molar-refractivity contribution in [1.29, 1.82) is 0 Å². The zero-order chi connectivity index (χ0) is 17.4. The molecule has 0 heterocycles. The Labute approximate surface area is 149 Å². The van der Waals surface area contributed by atoms with Gasteiger partial charge in [-0.15, -0.1) is 0 Å². The van der Waals surface area contributed by atoms with Crippen molar-refractivity contribution in [3.05, 3.63) is 58.6 Å². The Hall–Kier alpha value is -1.71. The average molecular weight is 348 g/mol. The van der Waals surface area contributed by atoms with Crippen LogP contribution in [0.25, 0.3) is 0 Å². The molecule has 0 amide bonds. The third-order valence-corrected chi connectivity index (χ3v) is 4.18. The fourth-order valence-electron chi connectivity index (χ4n) is 2.40. The van der Waals surface area contributed by atoms with Gasteiger partial charge in [-0.05, 0) is 30.0 Å². The Morgan fingerprint density at radius 3 is 2.42 bits per heavy atom. The third kappa shape index (κ3) is 5.43. The van der Waals surface area contributed by atoms with Crippen LogP contribution in [0.3, 0.4) is 0 Å². The average Bonchev–Trinajstić information content (AvgIpc) is 2.57. The van der Waals surface area contributed by atoms with Crippen molar-refractivity contribution in [3.8, 4) is 11.5 Å². The highest BCUT2D eigenvalue weighted by Gasteiger charge is 2.11. The third-order valence-electron chi connectivity index (χ3n) is 3.81. The van der Waals surface area contributed by atoms with Crippen molar-refractivity contribution >= 4 is 11.6 Å². The number of ether oxygens (including phenoxy) is 2. The lowest BCUT2D eigenvalue weighted by atomic mass is 10.1. The first-order valence-corrected chi connectivity index (χ1v) is 8.72. The van der Waals surface area contributed by atoms with Gasteiger partial charge < -0.3 is 14.8 Å². The number of halogens is 1. The fraction of sp³-hybridized carbons (Fsp3) is 0.400. The smallest absolute Gasteiger partial charge is 0.165 e. The minimum Gasteiger partial charge on any atom is -0.493 e. The molecule has 1 N–H and O–H groups in total. The number of methoxy groups -OCH3 is 1. The summed E-state index contributed by atoms with van der Waals surface area (Å²) in [5, 5.41) is 4.21. The molecule has 0 saturated heterocycles. The topological polar surface area (TPSA) is 30.5 Å². The van der Waals surface area contributed by atoms with Crippen LogP contribution in [0.1, 0.15) is 31.4 Å². The Morgan fingerprint density at radius 1 is 1.00 bits per heavy atom. The zero-order valence-electron chi connectivity index (χ0n) is 14.6. The van der Waals surface area contributed by atoms with Crippen LogP contribution in [0.2, 0.25) is 5.02 Å². The molecule has 0 aliphatic carbocycles. The van der Waals surface area contributed by atoms with Gasteiger partial charge in [-0.25, -0.2) is 0 Å². The van der Waals surface area contributed by atoms with E-state index >= 15 is 0 Å². The van der Waals surface area contributed by atoms with Crippen LogP contribution < -0.4 is 14.8 Å². The zero-order valence-corrected chi connectivity index (χ0v) is 15.4. The molecule has 4 heteroatoms. The first-order chi connectivity index (χ1) is 11.6. The molecule has 0 aromatic heterocycles. The lowest BCUT2D eigenvalue weighted by Gasteiger charge is -2.16. The standard InChI is InChI=1S/C20H26ClNO2/c1-15(2)11-12-24-20-17(8-6-10-19(20)23-3)14-22-13-16-7-4-5-9-18(16)21/h4-10,15,22H,11-14H2,1-3H3. The predicted octanol–water partition coefficient (Wildman–Crippen LogP) is 5.06. The maximum atomic E-state index is 6.20. The van der Waals surface area contributed by atoms with E-state index in [1.165, 1.54) is 0 Å². The van der Waals surface area contributed by atoms with E-state index in [-0.39, 0.29) is 0 Å². The second kappa shape index (κ2) is 9.55. The van der Waals surface area contributed by atoms with Gasteiger partial charge in [0.05, 0.1) is 13.7 Å². The van der Waals surface area contributed by atoms with Crippen LogP contribution in [0.5, 0.6) is 11.5 Å². The Morgan fingerprint density at radius 2 is 1.71 bits per heavy atom. The summed E-state index contributed by atoms with van der Waals surface area (Å²) in [5.41, 5.74) is 2.18. The molecular formula is C20H26ClNO2. The monoisotopic (exact) mass is 347 g/mol. The maximum absolute atomic E-state index is 6.20. The van der Waals surface area contributed by atoms with Gasteiger partial charge in [-0.1, -0.05) is 55.8 Å². The summed E-state index contributed by atoms with van der Waals surface area (Å²) in [6, 6.07) is 13.9. The predicted molar refractivity (Wildman–Crippen MR) is 99.9 cm³/mol. The largest absolute Gasteiger partial charge is 0.493 e. The summed E-state index contributed by atoms with van der Waals surface area (Å²) in [6.45, 7) is 6.48. The molecule has 2 rings (SSSR count). The van der Waals surface area contributed by atoms with E-state index in [0.29, 0.717) is 25.6 Å². The highest BCUT2D eigenvalue weighted by atomic mass is 35.5. The highest BCUT2D eigenvalue weighted by molar-refractivity contribution is 6.31. The summed E-state index contributed by atoms with van der Waals surface area (Å²) >= 11 is 6.20. The summed E-state index contributed by atoms with van der Waals surface area (Å²) in [5.74, 6) is 2.21. The van der Waals surface area contributed by atoms with Crippen molar-refractivity contribution < 1.29 is 9.47 Å². The van der Waals surface area contributed by atoms with Gasteiger partial charge in [-0.3, -0.25) is 0 Å². The number of para-hydroxylation sites is 1. The SMILES string of the molecule is COc1cccc(CNCc2ccccc2Cl)c1OCCC(C)C. The summed E-state index contributed by atoms with van der Waals surface area (Å²) in [7, 11) is 1.67. The molecule has 0 fully saturated rings. The second-order valence-electron chi connectivity index (χ2n) is 6.17. The lowest BCUT2D eigenvalue weighted by molar-refractivity contribution is 0.269. The Kier molecular flexibility index (Phi) is 7.41. The summed E-state index contributed by atoms with van der Waals surface area (Å²) < 4.78 is 11.5. The molecular weight excluding hydrogens is 322 g/mol. The molecule has 3 nitrogen and oxygen atoms in total. The molecule has 0 atom stereocenters. The van der Waals surface area contributed by atoms with Crippen LogP contribution in [0.15, 0.2) is 42.5 Å². The van der Waals surface area contributed by atoms with E-state index in [2.05, 4.69) is 25.2 Å². The van der Waals surface area contributed by atoms with E-state index < -0.39 is 0 Å². The minimum absolute atomic E-state index is 0.613. The van der Waals surface area contributed by atoms with Crippen molar-refractivity contribution in [2.24, 2.45) is 5.92 Å². The highest BCUT2D eigenvalue weighted by Crippen LogP contribution is 2.31. The summed E-state index contributed by atoms with van der Waals surface area (Å²) in [4.78, 5) is 0. The van der Waals surface area contributed by atoms with Crippen molar-refractivity contribution in [1.82, 2.24) is 5.32 Å². The molecule has 0 unspecified atom stereocenters. The van der Waals surface area contributed by atoms with Crippen LogP contribution in [-0.2, 0) is 13.1 Å². The molecule has 0 aliphatic rings. The van der Waals surface area contributed by atoms with Gasteiger partial charge in [-0.2, -0.15) is 0 Å². The fourth-order valence-corrected chi connectivity index (χ4v) is 2.60. The van der Waals surface area contributed by atoms with E-state index in [0.717, 1.165) is 34.1 Å². The van der Waals surface area contributed by atoms with Gasteiger partial charge in [0.2, 0.25) is 0 Å². The molecule has 2 aromatic carbocycles. The molecule has 0 radical (unpaired) electrons. The first-order valence-electron chi connectivity index (χ1n) is 8.34. The van der Waals surface area contributed by atoms with E-state index in [9.17, 15) is 0 Å². The first kappa shape index (κ1) is 18.6. The minimum atomic E-state index is 0.613. The van der Waals surface area contributed by atoms with Crippen LogP contribution in [0.4, 0.5) is 0 Å². The Balaban J connectivity index is 2.01. The number of benzene rings is 2. The van der Waals surface area contributed by atoms with Gasteiger partial charge in [0.25, 0.3) is 0 Å². The normalized spacial score (nSPS) is 10.9. The van der Waals surface area contributed by atoms with Crippen molar-refractivity contribution in [2.75, 3.05) is 13.7 Å². The van der Waals surface area contributed by atoms with Crippen molar-refractivity contribution in [2.45, 2.75) is 33.4 Å². The van der Waals surface area contributed by atoms with Crippen LogP contribution in [0, 0.1) is 5.92 Å². The lowest BCUT2D eigenvalue weighted by Crippen LogP contribution is -2.14. The maximum Gasteiger partial charge on any atom is 0.165 e. The number of nitrogens with one attached hydrogen (secondary N) is 1. The molecule has 0 bridgehead atoms. The molecule has 0 saturated carbocycles. The molecule has 0 aliphatic heterocycles. The van der Waals surface area contributed by atoms with Gasteiger partial charge in [0, 0.05) is 23.7 Å². The van der Waals surface area contributed by atoms with E-state index in [1.807, 2.05) is 36.4 Å². The number of hydrogen-bond acceptors (Lipinski definition) is 3. The molecule has 2 aromatic rings. The quantitative estimate of drug-likeness (QED) is 0.687. The van der Waals surface area contributed by atoms with Gasteiger partial charge >= 0.3 is 0 Å².